The van der Waals surface area contributed by atoms with Gasteiger partial charge in [0.05, 0.1) is 18.2 Å². The van der Waals surface area contributed by atoms with Crippen LogP contribution in [0.1, 0.15) is 21.7 Å². The molecule has 7 heteroatoms. The Morgan fingerprint density at radius 1 is 1.03 bits per heavy atom. The minimum Gasteiger partial charge on any atom is -0.494 e. The number of fused-ring (bicyclic) bond motifs is 3. The molecule has 1 N–H and O–H groups in total. The van der Waals surface area contributed by atoms with Crippen molar-refractivity contribution in [3.8, 4) is 17.0 Å². The molecular formula is C26H18ClN3O3. The highest BCUT2D eigenvalue weighted by Crippen LogP contribution is 2.38. The van der Waals surface area contributed by atoms with Crippen molar-refractivity contribution in [2.75, 3.05) is 7.11 Å². The predicted molar refractivity (Wildman–Crippen MR) is 128 cm³/mol. The summed E-state index contributed by atoms with van der Waals surface area (Å²) >= 11 is 6.35. The van der Waals surface area contributed by atoms with E-state index in [1.54, 1.807) is 43.8 Å². The molecule has 0 bridgehead atoms. The van der Waals surface area contributed by atoms with Gasteiger partial charge in [0.15, 0.2) is 0 Å². The molecule has 0 aliphatic rings. The fourth-order valence-corrected chi connectivity index (χ4v) is 4.09. The fourth-order valence-electron chi connectivity index (χ4n) is 3.91. The summed E-state index contributed by atoms with van der Waals surface area (Å²) in [5, 5.41) is 12.4. The number of aromatic nitrogens is 3. The van der Waals surface area contributed by atoms with Crippen LogP contribution in [0.5, 0.6) is 5.75 Å². The molecule has 5 aromatic rings. The van der Waals surface area contributed by atoms with E-state index in [0.29, 0.717) is 23.0 Å². The number of carboxylic acids is 1. The molecule has 0 unspecified atom stereocenters. The molecule has 0 fully saturated rings. The Morgan fingerprint density at radius 2 is 1.85 bits per heavy atom. The number of hydrogen-bond acceptors (Lipinski definition) is 5. The van der Waals surface area contributed by atoms with Crippen LogP contribution >= 0.6 is 11.6 Å². The first-order valence-corrected chi connectivity index (χ1v) is 10.6. The van der Waals surface area contributed by atoms with Crippen molar-refractivity contribution >= 4 is 39.2 Å². The van der Waals surface area contributed by atoms with Crippen molar-refractivity contribution in [1.29, 1.82) is 0 Å². The molecule has 0 spiro atoms. The zero-order valence-electron chi connectivity index (χ0n) is 17.6. The summed E-state index contributed by atoms with van der Waals surface area (Å²) in [6.45, 7) is 0. The number of ether oxygens (including phenoxy) is 1. The Labute approximate surface area is 194 Å². The van der Waals surface area contributed by atoms with Crippen molar-refractivity contribution in [1.82, 2.24) is 15.0 Å². The van der Waals surface area contributed by atoms with Crippen molar-refractivity contribution in [2.45, 2.75) is 6.42 Å². The molecule has 6 nitrogen and oxygen atoms in total. The molecule has 33 heavy (non-hydrogen) atoms. The molecule has 2 heterocycles. The molecule has 0 saturated carbocycles. The van der Waals surface area contributed by atoms with E-state index in [1.807, 2.05) is 36.4 Å². The van der Waals surface area contributed by atoms with Crippen LogP contribution in [0.15, 0.2) is 73.1 Å². The highest BCUT2D eigenvalue weighted by molar-refractivity contribution is 6.32. The fraction of sp³-hybridized carbons (Fsp3) is 0.0769. The smallest absolute Gasteiger partial charge is 0.335 e. The van der Waals surface area contributed by atoms with Crippen LogP contribution in [0.3, 0.4) is 0 Å². The Morgan fingerprint density at radius 3 is 2.61 bits per heavy atom. The van der Waals surface area contributed by atoms with Gasteiger partial charge in [-0.05, 0) is 53.4 Å². The lowest BCUT2D eigenvalue weighted by molar-refractivity contribution is 0.0697. The maximum atomic E-state index is 11.1. The molecule has 0 aliphatic heterocycles. The summed E-state index contributed by atoms with van der Waals surface area (Å²) in [6.07, 6.45) is 4.02. The zero-order valence-corrected chi connectivity index (χ0v) is 18.4. The molecule has 0 saturated heterocycles. The van der Waals surface area contributed by atoms with Gasteiger partial charge in [0.1, 0.15) is 17.3 Å². The van der Waals surface area contributed by atoms with Gasteiger partial charge in [0, 0.05) is 40.2 Å². The van der Waals surface area contributed by atoms with E-state index in [4.69, 9.17) is 26.4 Å². The lowest BCUT2D eigenvalue weighted by Crippen LogP contribution is -2.00. The minimum absolute atomic E-state index is 0.249. The molecule has 0 aliphatic carbocycles. The van der Waals surface area contributed by atoms with E-state index < -0.39 is 5.97 Å². The highest BCUT2D eigenvalue weighted by Gasteiger charge is 2.15. The summed E-state index contributed by atoms with van der Waals surface area (Å²) in [7, 11) is 1.62. The summed E-state index contributed by atoms with van der Waals surface area (Å²) in [4.78, 5) is 25.0. The van der Waals surface area contributed by atoms with Gasteiger partial charge in [0.25, 0.3) is 0 Å². The quantitative estimate of drug-likeness (QED) is 0.337. The number of halogens is 1. The van der Waals surface area contributed by atoms with Crippen molar-refractivity contribution in [3.05, 3.63) is 95.0 Å². The number of methoxy groups -OCH3 is 1. The van der Waals surface area contributed by atoms with Gasteiger partial charge in [-0.1, -0.05) is 29.8 Å². The lowest BCUT2D eigenvalue weighted by atomic mass is 9.98. The standard InChI is InChI=1S/C26H18ClN3O3/c1-33-22-3-2-10-28-25(22)21-12-17-14-29-23(11-15-4-6-16(7-5-15)26(31)32)30-24(17)19-9-8-18(27)13-20(19)21/h2-10,12-14H,11H2,1H3,(H,31,32). The topological polar surface area (TPSA) is 85.2 Å². The number of pyridine rings is 1. The monoisotopic (exact) mass is 455 g/mol. The SMILES string of the molecule is COc1cccnc1-c1cc2cnc(Cc3ccc(C(=O)O)cc3)nc2c2ccc(Cl)cc12. The highest BCUT2D eigenvalue weighted by atomic mass is 35.5. The molecule has 2 aromatic heterocycles. The van der Waals surface area contributed by atoms with Gasteiger partial charge in [-0.15, -0.1) is 0 Å². The first kappa shape index (κ1) is 20.8. The summed E-state index contributed by atoms with van der Waals surface area (Å²) < 4.78 is 5.54. The Bertz CT molecular complexity index is 1520. The average molecular weight is 456 g/mol. The largest absolute Gasteiger partial charge is 0.494 e. The zero-order chi connectivity index (χ0) is 22.9. The van der Waals surface area contributed by atoms with Crippen LogP contribution in [-0.4, -0.2) is 33.1 Å². The third-order valence-electron chi connectivity index (χ3n) is 5.50. The molecule has 0 atom stereocenters. The number of aromatic carboxylic acids is 1. The molecular weight excluding hydrogens is 438 g/mol. The van der Waals surface area contributed by atoms with Crippen LogP contribution in [0.2, 0.25) is 5.02 Å². The normalized spacial score (nSPS) is 11.1. The van der Waals surface area contributed by atoms with Gasteiger partial charge in [-0.3, -0.25) is 4.98 Å². The van der Waals surface area contributed by atoms with Gasteiger partial charge >= 0.3 is 5.97 Å². The number of hydrogen-bond donors (Lipinski definition) is 1. The molecule has 0 amide bonds. The first-order chi connectivity index (χ1) is 16.0. The number of benzene rings is 3. The summed E-state index contributed by atoms with van der Waals surface area (Å²) in [5.41, 5.74) is 3.60. The van der Waals surface area contributed by atoms with Crippen LogP contribution in [0, 0.1) is 0 Å². The van der Waals surface area contributed by atoms with Gasteiger partial charge in [0.2, 0.25) is 0 Å². The first-order valence-electron chi connectivity index (χ1n) is 10.2. The second-order valence-corrected chi connectivity index (χ2v) is 8.01. The molecule has 0 radical (unpaired) electrons. The van der Waals surface area contributed by atoms with Crippen LogP contribution in [0.4, 0.5) is 0 Å². The van der Waals surface area contributed by atoms with E-state index in [-0.39, 0.29) is 5.56 Å². The summed E-state index contributed by atoms with van der Waals surface area (Å²) in [6, 6.07) is 18.2. The van der Waals surface area contributed by atoms with Crippen LogP contribution in [-0.2, 0) is 6.42 Å². The van der Waals surface area contributed by atoms with E-state index in [0.717, 1.165) is 38.5 Å². The Hall–Kier alpha value is -4.03. The number of nitrogens with zero attached hydrogens (tertiary/aromatic N) is 3. The van der Waals surface area contributed by atoms with Gasteiger partial charge in [-0.2, -0.15) is 0 Å². The number of carbonyl (C=O) groups is 1. The Balaban J connectivity index is 1.65. The second kappa shape index (κ2) is 8.48. The van der Waals surface area contributed by atoms with Gasteiger partial charge < -0.3 is 9.84 Å². The predicted octanol–water partition coefficient (Wildman–Crippen LogP) is 5.80. The van der Waals surface area contributed by atoms with E-state index >= 15 is 0 Å². The van der Waals surface area contributed by atoms with Crippen LogP contribution in [0.25, 0.3) is 32.9 Å². The lowest BCUT2D eigenvalue weighted by Gasteiger charge is -2.13. The maximum Gasteiger partial charge on any atom is 0.335 e. The van der Waals surface area contributed by atoms with Gasteiger partial charge in [-0.25, -0.2) is 14.8 Å². The van der Waals surface area contributed by atoms with Crippen molar-refractivity contribution < 1.29 is 14.6 Å². The molecule has 5 rings (SSSR count). The van der Waals surface area contributed by atoms with Crippen molar-refractivity contribution in [2.24, 2.45) is 0 Å². The number of carboxylic acid groups (broad SMARTS) is 1. The molecule has 162 valence electrons. The van der Waals surface area contributed by atoms with E-state index in [9.17, 15) is 4.79 Å². The maximum absolute atomic E-state index is 11.1. The Kier molecular flexibility index (Phi) is 5.36. The number of rotatable bonds is 5. The third-order valence-corrected chi connectivity index (χ3v) is 5.74. The summed E-state index contributed by atoms with van der Waals surface area (Å²) in [5.74, 6) is 0.361. The van der Waals surface area contributed by atoms with Crippen molar-refractivity contribution in [3.63, 3.8) is 0 Å². The molecule has 3 aromatic carbocycles. The second-order valence-electron chi connectivity index (χ2n) is 7.57. The van der Waals surface area contributed by atoms with E-state index in [1.165, 1.54) is 0 Å². The van der Waals surface area contributed by atoms with E-state index in [2.05, 4.69) is 9.97 Å². The van der Waals surface area contributed by atoms with Crippen LogP contribution < -0.4 is 4.74 Å². The minimum atomic E-state index is -0.950. The third kappa shape index (κ3) is 3.97. The average Bonchev–Trinajstić information content (AvgIpc) is 2.83.